The normalized spacial score (nSPS) is 20.9. The number of aromatic nitrogens is 2. The minimum atomic E-state index is -4.69. The monoisotopic (exact) mass is 481 g/mol. The second-order valence-electron chi connectivity index (χ2n) is 9.29. The summed E-state index contributed by atoms with van der Waals surface area (Å²) in [6.07, 6.45) is 4.57. The van der Waals surface area contributed by atoms with Crippen LogP contribution in [0.4, 0.5) is 18.3 Å². The molecule has 1 aliphatic carbocycles. The summed E-state index contributed by atoms with van der Waals surface area (Å²) in [5.41, 5.74) is -0.368. The van der Waals surface area contributed by atoms with Crippen LogP contribution in [0.2, 0.25) is 0 Å². The number of amides is 1. The molecule has 1 unspecified atom stereocenters. The third-order valence-electron chi connectivity index (χ3n) is 6.93. The van der Waals surface area contributed by atoms with Crippen LogP contribution in [0.1, 0.15) is 59.5 Å². The zero-order chi connectivity index (χ0) is 23.6. The average Bonchev–Trinajstić information content (AvgIpc) is 3.46. The van der Waals surface area contributed by atoms with Crippen molar-refractivity contribution in [3.05, 3.63) is 40.7 Å². The lowest BCUT2D eigenvalue weighted by atomic mass is 9.70. The van der Waals surface area contributed by atoms with E-state index in [9.17, 15) is 18.0 Å². The van der Waals surface area contributed by atoms with Crippen LogP contribution < -0.4 is 10.2 Å². The Morgan fingerprint density at radius 3 is 2.67 bits per heavy atom. The molecule has 0 aromatic carbocycles. The number of nitrogens with one attached hydrogen (secondary N) is 1. The van der Waals surface area contributed by atoms with E-state index in [2.05, 4.69) is 20.2 Å². The van der Waals surface area contributed by atoms with Crippen LogP contribution in [-0.4, -0.2) is 60.5 Å². The van der Waals surface area contributed by atoms with Crippen molar-refractivity contribution >= 4 is 22.4 Å². The molecule has 10 heteroatoms. The molecule has 0 radical (unpaired) electrons. The number of thiazole rings is 1. The summed E-state index contributed by atoms with van der Waals surface area (Å²) < 4.78 is 41.3. The summed E-state index contributed by atoms with van der Waals surface area (Å²) in [5.74, 6) is -0.705. The molecule has 1 aliphatic heterocycles. The Kier molecular flexibility index (Phi) is 6.95. The van der Waals surface area contributed by atoms with Gasteiger partial charge in [-0.15, -0.1) is 0 Å². The molecular formula is C23H30F3N5OS. The predicted octanol–water partition coefficient (Wildman–Crippen LogP) is 4.33. The van der Waals surface area contributed by atoms with E-state index in [-0.39, 0.29) is 28.0 Å². The summed E-state index contributed by atoms with van der Waals surface area (Å²) in [5, 5.41) is 3.09. The van der Waals surface area contributed by atoms with Crippen molar-refractivity contribution in [2.75, 3.05) is 38.6 Å². The van der Waals surface area contributed by atoms with Crippen LogP contribution in [0.5, 0.6) is 0 Å². The minimum Gasteiger partial charge on any atom is -0.350 e. The molecule has 3 heterocycles. The molecule has 180 valence electrons. The standard InChI is InChI=1S/C23H30F3N5OS/c1-30(2)17-8-12-31(14-17)21-29-19(23(24,25)26)18(33-21)20(32)28-15-22(9-4-3-5-10-22)16-7-6-11-27-13-16/h6-7,11,13,17H,3-5,8-10,12,14-15H2,1-2H3,(H,28,32). The third kappa shape index (κ3) is 5.16. The SMILES string of the molecule is CN(C)C1CCN(c2nc(C(F)(F)F)c(C(=O)NCC3(c4cccnc4)CCCCC3)s2)C1. The second kappa shape index (κ2) is 9.58. The number of hydrogen-bond acceptors (Lipinski definition) is 6. The maximum atomic E-state index is 13.8. The van der Waals surface area contributed by atoms with Gasteiger partial charge in [-0.05, 0) is 45.0 Å². The third-order valence-corrected chi connectivity index (χ3v) is 8.04. The number of pyridine rings is 1. The predicted molar refractivity (Wildman–Crippen MR) is 123 cm³/mol. The molecule has 1 N–H and O–H groups in total. The summed E-state index contributed by atoms with van der Waals surface area (Å²) in [6, 6.07) is 4.11. The van der Waals surface area contributed by atoms with E-state index in [1.165, 1.54) is 0 Å². The summed E-state index contributed by atoms with van der Waals surface area (Å²) in [4.78, 5) is 24.7. The summed E-state index contributed by atoms with van der Waals surface area (Å²) in [6.45, 7) is 1.51. The molecule has 1 amide bonds. The minimum absolute atomic E-state index is 0.256. The molecule has 2 aromatic rings. The molecule has 4 rings (SSSR count). The van der Waals surface area contributed by atoms with Crippen molar-refractivity contribution in [3.8, 4) is 0 Å². The van der Waals surface area contributed by atoms with E-state index in [1.807, 2.05) is 31.1 Å². The molecule has 33 heavy (non-hydrogen) atoms. The number of alkyl halides is 3. The number of likely N-dealkylation sites (N-methyl/N-ethyl adjacent to an activating group) is 1. The Bertz CT molecular complexity index is 957. The van der Waals surface area contributed by atoms with E-state index in [4.69, 9.17) is 0 Å². The summed E-state index contributed by atoms with van der Waals surface area (Å²) >= 11 is 0.839. The second-order valence-corrected chi connectivity index (χ2v) is 10.3. The number of hydrogen-bond donors (Lipinski definition) is 1. The Balaban J connectivity index is 1.55. The molecule has 0 spiro atoms. The van der Waals surface area contributed by atoms with Crippen LogP contribution >= 0.6 is 11.3 Å². The van der Waals surface area contributed by atoms with Gasteiger partial charge >= 0.3 is 6.18 Å². The van der Waals surface area contributed by atoms with E-state index in [0.29, 0.717) is 13.1 Å². The van der Waals surface area contributed by atoms with Crippen molar-refractivity contribution in [1.82, 2.24) is 20.2 Å². The van der Waals surface area contributed by atoms with Gasteiger partial charge in [0.15, 0.2) is 10.8 Å². The van der Waals surface area contributed by atoms with Gasteiger partial charge in [0.05, 0.1) is 0 Å². The number of halogens is 3. The quantitative estimate of drug-likeness (QED) is 0.666. The maximum absolute atomic E-state index is 13.8. The maximum Gasteiger partial charge on any atom is 0.435 e. The van der Waals surface area contributed by atoms with Gasteiger partial charge < -0.3 is 15.1 Å². The van der Waals surface area contributed by atoms with Gasteiger partial charge in [0.2, 0.25) is 0 Å². The number of carbonyl (C=O) groups excluding carboxylic acids is 1. The van der Waals surface area contributed by atoms with Crippen molar-refractivity contribution in [2.45, 2.75) is 56.2 Å². The highest BCUT2D eigenvalue weighted by Gasteiger charge is 2.42. The number of anilines is 1. The first kappa shape index (κ1) is 23.9. The molecule has 2 aliphatic rings. The Morgan fingerprint density at radius 2 is 2.06 bits per heavy atom. The van der Waals surface area contributed by atoms with Gasteiger partial charge in [0.25, 0.3) is 5.91 Å². The van der Waals surface area contributed by atoms with E-state index in [1.54, 1.807) is 12.4 Å². The van der Waals surface area contributed by atoms with Crippen molar-refractivity contribution in [3.63, 3.8) is 0 Å². The van der Waals surface area contributed by atoms with Gasteiger partial charge in [0.1, 0.15) is 4.88 Å². The Hall–Kier alpha value is -2.20. The lowest BCUT2D eigenvalue weighted by molar-refractivity contribution is -0.141. The number of nitrogens with zero attached hydrogens (tertiary/aromatic N) is 4. The van der Waals surface area contributed by atoms with Crippen LogP contribution in [0.15, 0.2) is 24.5 Å². The van der Waals surface area contributed by atoms with Gasteiger partial charge in [-0.1, -0.05) is 36.7 Å². The first-order valence-electron chi connectivity index (χ1n) is 11.4. The van der Waals surface area contributed by atoms with Gasteiger partial charge in [-0.25, -0.2) is 4.98 Å². The lowest BCUT2D eigenvalue weighted by Gasteiger charge is -2.37. The van der Waals surface area contributed by atoms with Crippen LogP contribution in [0, 0.1) is 0 Å². The molecule has 1 atom stereocenters. The molecule has 6 nitrogen and oxygen atoms in total. The van der Waals surface area contributed by atoms with Gasteiger partial charge in [-0.2, -0.15) is 13.2 Å². The Morgan fingerprint density at radius 1 is 1.30 bits per heavy atom. The molecule has 2 fully saturated rings. The number of carbonyl (C=O) groups is 1. The van der Waals surface area contributed by atoms with Gasteiger partial charge in [-0.3, -0.25) is 9.78 Å². The number of rotatable bonds is 6. The zero-order valence-electron chi connectivity index (χ0n) is 19.0. The van der Waals surface area contributed by atoms with Crippen LogP contribution in [0.3, 0.4) is 0 Å². The lowest BCUT2D eigenvalue weighted by Crippen LogP contribution is -2.42. The molecule has 0 bridgehead atoms. The van der Waals surface area contributed by atoms with Crippen molar-refractivity contribution < 1.29 is 18.0 Å². The van der Waals surface area contributed by atoms with Gasteiger partial charge in [0, 0.05) is 43.5 Å². The highest BCUT2D eigenvalue weighted by atomic mass is 32.1. The first-order valence-corrected chi connectivity index (χ1v) is 12.2. The van der Waals surface area contributed by atoms with Crippen LogP contribution in [0.25, 0.3) is 0 Å². The zero-order valence-corrected chi connectivity index (χ0v) is 19.8. The van der Waals surface area contributed by atoms with Crippen molar-refractivity contribution in [1.29, 1.82) is 0 Å². The topological polar surface area (TPSA) is 61.4 Å². The molecule has 1 saturated carbocycles. The largest absolute Gasteiger partial charge is 0.435 e. The molecular weight excluding hydrogens is 451 g/mol. The fraction of sp³-hybridized carbons (Fsp3) is 0.609. The highest BCUT2D eigenvalue weighted by Crippen LogP contribution is 2.40. The van der Waals surface area contributed by atoms with E-state index < -0.39 is 17.8 Å². The fourth-order valence-corrected chi connectivity index (χ4v) is 5.97. The van der Waals surface area contributed by atoms with E-state index in [0.717, 1.165) is 55.4 Å². The average molecular weight is 482 g/mol. The summed E-state index contributed by atoms with van der Waals surface area (Å²) in [7, 11) is 3.92. The van der Waals surface area contributed by atoms with Crippen molar-refractivity contribution in [2.24, 2.45) is 0 Å². The smallest absolute Gasteiger partial charge is 0.350 e. The first-order chi connectivity index (χ1) is 15.7. The molecule has 1 saturated heterocycles. The fourth-order valence-electron chi connectivity index (χ4n) is 4.93. The highest BCUT2D eigenvalue weighted by molar-refractivity contribution is 7.17. The van der Waals surface area contributed by atoms with E-state index >= 15 is 0 Å². The Labute approximate surface area is 196 Å². The molecule has 2 aromatic heterocycles. The van der Waals surface area contributed by atoms with Crippen LogP contribution in [-0.2, 0) is 11.6 Å².